The van der Waals surface area contributed by atoms with Crippen molar-refractivity contribution >= 4 is 34.1 Å². The number of halogens is 1. The lowest BCUT2D eigenvalue weighted by Crippen LogP contribution is -2.46. The number of benzene rings is 1. The molecular formula is C25H29ClN8O. The number of fused-ring (bicyclic) bond motifs is 1. The standard InChI is InChI=1S/C25H29ClN8O/c1-17-14-18(31-35-17)16-32-10-12-34(13-11-32)22-4-5-28-25-23(22)29-24(30-25)20-3-2-19(15-21(20)26)33-8-6-27-7-9-33/h2-5,14-15,27H,6-13,16H2,1H3,(H,28,29,30). The van der Waals surface area contributed by atoms with E-state index in [1.807, 2.05) is 25.3 Å². The smallest absolute Gasteiger partial charge is 0.180 e. The van der Waals surface area contributed by atoms with E-state index in [2.05, 4.69) is 53.3 Å². The summed E-state index contributed by atoms with van der Waals surface area (Å²) in [4.78, 5) is 20.0. The summed E-state index contributed by atoms with van der Waals surface area (Å²) < 4.78 is 5.21. The number of nitrogens with one attached hydrogen (secondary N) is 2. The fourth-order valence-electron chi connectivity index (χ4n) is 4.97. The number of pyridine rings is 1. The quantitative estimate of drug-likeness (QED) is 0.438. The van der Waals surface area contributed by atoms with Crippen LogP contribution in [-0.4, -0.2) is 77.4 Å². The van der Waals surface area contributed by atoms with Crippen LogP contribution in [0.25, 0.3) is 22.6 Å². The highest BCUT2D eigenvalue weighted by Gasteiger charge is 2.22. The molecule has 9 nitrogen and oxygen atoms in total. The van der Waals surface area contributed by atoms with Crippen molar-refractivity contribution in [3.63, 3.8) is 0 Å². The SMILES string of the molecule is Cc1cc(CN2CCN(c3ccnc4nc(-c5ccc(N6CCNCC6)cc5Cl)[nH]c34)CC2)no1. The summed E-state index contributed by atoms with van der Waals surface area (Å²) in [5, 5.41) is 8.21. The Balaban J connectivity index is 1.20. The molecule has 0 amide bonds. The first-order valence-electron chi connectivity index (χ1n) is 12.1. The van der Waals surface area contributed by atoms with Crippen molar-refractivity contribution < 1.29 is 4.52 Å². The molecule has 0 spiro atoms. The zero-order valence-corrected chi connectivity index (χ0v) is 20.6. The Hall–Kier alpha value is -3.14. The topological polar surface area (TPSA) is 89.4 Å². The summed E-state index contributed by atoms with van der Waals surface area (Å²) in [7, 11) is 0. The van der Waals surface area contributed by atoms with E-state index in [4.69, 9.17) is 21.1 Å². The normalized spacial score (nSPS) is 17.4. The van der Waals surface area contributed by atoms with Crippen molar-refractivity contribution in [2.75, 3.05) is 62.2 Å². The van der Waals surface area contributed by atoms with Crippen molar-refractivity contribution in [3.05, 3.63) is 53.0 Å². The van der Waals surface area contributed by atoms with Gasteiger partial charge in [0, 0.05) is 82.4 Å². The largest absolute Gasteiger partial charge is 0.369 e. The zero-order valence-electron chi connectivity index (χ0n) is 19.8. The predicted molar refractivity (Wildman–Crippen MR) is 138 cm³/mol. The van der Waals surface area contributed by atoms with E-state index in [1.54, 1.807) is 0 Å². The summed E-state index contributed by atoms with van der Waals surface area (Å²) in [5.74, 6) is 1.60. The van der Waals surface area contributed by atoms with Gasteiger partial charge in [-0.05, 0) is 31.2 Å². The average Bonchev–Trinajstić information content (AvgIpc) is 3.50. The van der Waals surface area contributed by atoms with E-state index in [-0.39, 0.29) is 0 Å². The van der Waals surface area contributed by atoms with Gasteiger partial charge in [-0.2, -0.15) is 0 Å². The zero-order chi connectivity index (χ0) is 23.8. The third-order valence-corrected chi connectivity index (χ3v) is 7.15. The van der Waals surface area contributed by atoms with Gasteiger partial charge in [0.15, 0.2) is 5.65 Å². The van der Waals surface area contributed by atoms with E-state index in [9.17, 15) is 0 Å². The summed E-state index contributed by atoms with van der Waals surface area (Å²) in [5.41, 5.74) is 5.81. The van der Waals surface area contributed by atoms with Gasteiger partial charge in [0.25, 0.3) is 0 Å². The molecule has 0 saturated carbocycles. The Morgan fingerprint density at radius 3 is 2.57 bits per heavy atom. The van der Waals surface area contributed by atoms with Gasteiger partial charge in [0.2, 0.25) is 0 Å². The van der Waals surface area contributed by atoms with Crippen LogP contribution in [0, 0.1) is 6.92 Å². The molecule has 35 heavy (non-hydrogen) atoms. The van der Waals surface area contributed by atoms with Crippen molar-refractivity contribution in [2.24, 2.45) is 0 Å². The molecule has 2 aliphatic rings. The first kappa shape index (κ1) is 22.3. The van der Waals surface area contributed by atoms with E-state index in [0.717, 1.165) is 98.6 Å². The summed E-state index contributed by atoms with van der Waals surface area (Å²) in [6.45, 7) is 10.4. The Bertz CT molecular complexity index is 1320. The lowest BCUT2D eigenvalue weighted by atomic mass is 10.1. The minimum absolute atomic E-state index is 0.693. The van der Waals surface area contributed by atoms with Gasteiger partial charge in [-0.15, -0.1) is 0 Å². The highest BCUT2D eigenvalue weighted by atomic mass is 35.5. The molecule has 5 heterocycles. The molecule has 0 bridgehead atoms. The van der Waals surface area contributed by atoms with Gasteiger partial charge < -0.3 is 24.6 Å². The molecule has 0 unspecified atom stereocenters. The molecule has 2 saturated heterocycles. The van der Waals surface area contributed by atoms with Crippen LogP contribution >= 0.6 is 11.6 Å². The second kappa shape index (κ2) is 9.49. The Labute approximate surface area is 209 Å². The second-order valence-corrected chi connectivity index (χ2v) is 9.61. The molecule has 6 rings (SSSR count). The number of hydrogen-bond acceptors (Lipinski definition) is 8. The molecule has 2 N–H and O–H groups in total. The number of rotatable bonds is 5. The fraction of sp³-hybridized carbons (Fsp3) is 0.400. The maximum atomic E-state index is 6.73. The van der Waals surface area contributed by atoms with Gasteiger partial charge >= 0.3 is 0 Å². The number of hydrogen-bond donors (Lipinski definition) is 2. The molecule has 1 aromatic carbocycles. The van der Waals surface area contributed by atoms with Gasteiger partial charge in [-0.1, -0.05) is 16.8 Å². The maximum Gasteiger partial charge on any atom is 0.180 e. The van der Waals surface area contributed by atoms with Crippen molar-refractivity contribution in [1.29, 1.82) is 0 Å². The number of anilines is 2. The number of aryl methyl sites for hydroxylation is 1. The number of H-pyrrole nitrogens is 1. The Morgan fingerprint density at radius 1 is 1.00 bits per heavy atom. The maximum absolute atomic E-state index is 6.73. The molecule has 2 aliphatic heterocycles. The summed E-state index contributed by atoms with van der Waals surface area (Å²) >= 11 is 6.73. The molecule has 4 aromatic rings. The van der Waals surface area contributed by atoms with Crippen molar-refractivity contribution in [3.8, 4) is 11.4 Å². The lowest BCUT2D eigenvalue weighted by Gasteiger charge is -2.35. The van der Waals surface area contributed by atoms with E-state index in [1.165, 1.54) is 0 Å². The van der Waals surface area contributed by atoms with Crippen molar-refractivity contribution in [2.45, 2.75) is 13.5 Å². The lowest BCUT2D eigenvalue weighted by molar-refractivity contribution is 0.242. The minimum Gasteiger partial charge on any atom is -0.369 e. The fourth-order valence-corrected chi connectivity index (χ4v) is 5.24. The van der Waals surface area contributed by atoms with E-state index < -0.39 is 0 Å². The molecule has 0 atom stereocenters. The first-order chi connectivity index (χ1) is 17.1. The van der Waals surface area contributed by atoms with Crippen LogP contribution < -0.4 is 15.1 Å². The van der Waals surface area contributed by atoms with Crippen LogP contribution in [0.1, 0.15) is 11.5 Å². The number of piperazine rings is 2. The Kier molecular flexibility index (Phi) is 6.05. The third kappa shape index (κ3) is 4.59. The number of aromatic amines is 1. The monoisotopic (exact) mass is 492 g/mol. The van der Waals surface area contributed by atoms with Gasteiger partial charge in [0.1, 0.15) is 17.1 Å². The molecule has 0 radical (unpaired) electrons. The molecule has 10 heteroatoms. The van der Waals surface area contributed by atoms with Crippen LogP contribution in [0.3, 0.4) is 0 Å². The molecular weight excluding hydrogens is 464 g/mol. The number of imidazole rings is 1. The minimum atomic E-state index is 0.693. The van der Waals surface area contributed by atoms with E-state index in [0.29, 0.717) is 10.7 Å². The van der Waals surface area contributed by atoms with Crippen molar-refractivity contribution in [1.82, 2.24) is 30.3 Å². The summed E-state index contributed by atoms with van der Waals surface area (Å²) in [6, 6.07) is 10.3. The number of nitrogens with zero attached hydrogens (tertiary/aromatic N) is 6. The molecule has 3 aromatic heterocycles. The van der Waals surface area contributed by atoms with Gasteiger partial charge in [0.05, 0.1) is 16.4 Å². The predicted octanol–water partition coefficient (Wildman–Crippen LogP) is 3.31. The highest BCUT2D eigenvalue weighted by Crippen LogP contribution is 2.33. The third-order valence-electron chi connectivity index (χ3n) is 6.84. The molecule has 2 fully saturated rings. The molecule has 0 aliphatic carbocycles. The van der Waals surface area contributed by atoms with Gasteiger partial charge in [-0.3, -0.25) is 4.90 Å². The second-order valence-electron chi connectivity index (χ2n) is 9.21. The first-order valence-corrected chi connectivity index (χ1v) is 12.5. The highest BCUT2D eigenvalue weighted by molar-refractivity contribution is 6.33. The van der Waals surface area contributed by atoms with Crippen LogP contribution in [0.4, 0.5) is 11.4 Å². The summed E-state index contributed by atoms with van der Waals surface area (Å²) in [6.07, 6.45) is 1.84. The number of aromatic nitrogens is 4. The average molecular weight is 493 g/mol. The Morgan fingerprint density at radius 2 is 1.83 bits per heavy atom. The molecule has 182 valence electrons. The van der Waals surface area contributed by atoms with Crippen LogP contribution in [-0.2, 0) is 6.54 Å². The van der Waals surface area contributed by atoms with Crippen LogP contribution in [0.15, 0.2) is 41.1 Å². The van der Waals surface area contributed by atoms with Crippen LogP contribution in [0.2, 0.25) is 5.02 Å². The van der Waals surface area contributed by atoms with Gasteiger partial charge in [-0.25, -0.2) is 9.97 Å². The van der Waals surface area contributed by atoms with Crippen LogP contribution in [0.5, 0.6) is 0 Å². The van der Waals surface area contributed by atoms with E-state index >= 15 is 0 Å².